The highest BCUT2D eigenvalue weighted by Gasteiger charge is 2.20. The number of thioether (sulfide) groups is 1. The van der Waals surface area contributed by atoms with E-state index in [1.165, 1.54) is 37.8 Å². The van der Waals surface area contributed by atoms with Gasteiger partial charge in [-0.05, 0) is 42.0 Å². The first-order valence-corrected chi connectivity index (χ1v) is 9.85. The van der Waals surface area contributed by atoms with Crippen LogP contribution in [0.5, 0.6) is 0 Å². The van der Waals surface area contributed by atoms with Crippen molar-refractivity contribution in [3.8, 4) is 0 Å². The number of amides is 1. The van der Waals surface area contributed by atoms with E-state index in [4.69, 9.17) is 0 Å². The van der Waals surface area contributed by atoms with Gasteiger partial charge in [-0.3, -0.25) is 4.79 Å². The number of halogens is 1. The molecule has 122 valence electrons. The normalized spacial score (nSPS) is 16.4. The maximum Gasteiger partial charge on any atom is 0.230 e. The zero-order chi connectivity index (χ0) is 16.1. The van der Waals surface area contributed by atoms with E-state index in [0.717, 1.165) is 10.4 Å². The smallest absolute Gasteiger partial charge is 0.230 e. The number of nitrogens with one attached hydrogen (secondary N) is 1. The molecule has 1 atom stereocenters. The van der Waals surface area contributed by atoms with Gasteiger partial charge in [0.1, 0.15) is 5.82 Å². The first-order chi connectivity index (χ1) is 11.2. The van der Waals surface area contributed by atoms with Crippen molar-refractivity contribution in [1.29, 1.82) is 0 Å². The Labute approximate surface area is 144 Å². The SMILES string of the molecule is O=C(CSC1CCCC1)N[C@@H](c1ccc(F)cc1)c1cccs1. The Hall–Kier alpha value is -1.33. The van der Waals surface area contributed by atoms with Crippen molar-refractivity contribution >= 4 is 29.0 Å². The van der Waals surface area contributed by atoms with Gasteiger partial charge in [0.25, 0.3) is 0 Å². The van der Waals surface area contributed by atoms with Crippen LogP contribution < -0.4 is 5.32 Å². The molecule has 0 bridgehead atoms. The Bertz CT molecular complexity index is 621. The second-order valence-corrected chi connectivity index (χ2v) is 8.05. The molecule has 1 aromatic heterocycles. The number of hydrogen-bond donors (Lipinski definition) is 1. The van der Waals surface area contributed by atoms with Gasteiger partial charge in [0.15, 0.2) is 0 Å². The van der Waals surface area contributed by atoms with E-state index in [-0.39, 0.29) is 17.8 Å². The quantitative estimate of drug-likeness (QED) is 0.814. The number of thiophene rings is 1. The highest BCUT2D eigenvalue weighted by atomic mass is 32.2. The van der Waals surface area contributed by atoms with Crippen molar-refractivity contribution in [2.75, 3.05) is 5.75 Å². The Balaban J connectivity index is 1.66. The highest BCUT2D eigenvalue weighted by Crippen LogP contribution is 2.30. The molecular formula is C18H20FNOS2. The summed E-state index contributed by atoms with van der Waals surface area (Å²) in [7, 11) is 0. The van der Waals surface area contributed by atoms with E-state index in [1.54, 1.807) is 35.2 Å². The minimum atomic E-state index is -0.262. The van der Waals surface area contributed by atoms with Gasteiger partial charge >= 0.3 is 0 Å². The average molecular weight is 349 g/mol. The zero-order valence-corrected chi connectivity index (χ0v) is 14.5. The van der Waals surface area contributed by atoms with Crippen LogP contribution in [-0.2, 0) is 4.79 Å². The molecular weight excluding hydrogens is 329 g/mol. The van der Waals surface area contributed by atoms with Gasteiger partial charge in [0.05, 0.1) is 11.8 Å². The van der Waals surface area contributed by atoms with Crippen molar-refractivity contribution in [3.05, 3.63) is 58.0 Å². The van der Waals surface area contributed by atoms with Crippen LogP contribution in [0.3, 0.4) is 0 Å². The molecule has 1 aliphatic carbocycles. The van der Waals surface area contributed by atoms with Crippen LogP contribution in [0.4, 0.5) is 4.39 Å². The first-order valence-electron chi connectivity index (χ1n) is 7.92. The lowest BCUT2D eigenvalue weighted by Crippen LogP contribution is -2.30. The van der Waals surface area contributed by atoms with Gasteiger partial charge in [-0.15, -0.1) is 23.1 Å². The fourth-order valence-electron chi connectivity index (χ4n) is 2.88. The van der Waals surface area contributed by atoms with Gasteiger partial charge in [0, 0.05) is 10.1 Å². The molecule has 0 radical (unpaired) electrons. The minimum absolute atomic E-state index is 0.0459. The fraction of sp³-hybridized carbons (Fsp3) is 0.389. The number of benzene rings is 1. The van der Waals surface area contributed by atoms with Crippen molar-refractivity contribution in [1.82, 2.24) is 5.32 Å². The van der Waals surface area contributed by atoms with Crippen molar-refractivity contribution in [2.24, 2.45) is 0 Å². The Morgan fingerprint density at radius 1 is 1.26 bits per heavy atom. The highest BCUT2D eigenvalue weighted by molar-refractivity contribution is 8.00. The number of carbonyl (C=O) groups excluding carboxylic acids is 1. The summed E-state index contributed by atoms with van der Waals surface area (Å²) < 4.78 is 13.2. The molecule has 0 aliphatic heterocycles. The van der Waals surface area contributed by atoms with Crippen LogP contribution in [0.2, 0.25) is 0 Å². The third kappa shape index (κ3) is 4.58. The predicted octanol–water partition coefficient (Wildman–Crippen LogP) is 4.77. The molecule has 5 heteroatoms. The Kier molecular flexibility index (Phi) is 5.73. The van der Waals surface area contributed by atoms with Crippen molar-refractivity contribution < 1.29 is 9.18 Å². The van der Waals surface area contributed by atoms with Crippen molar-refractivity contribution in [3.63, 3.8) is 0 Å². The number of rotatable bonds is 6. The lowest BCUT2D eigenvalue weighted by atomic mass is 10.1. The first kappa shape index (κ1) is 16.5. The summed E-state index contributed by atoms with van der Waals surface area (Å²) in [6.45, 7) is 0. The van der Waals surface area contributed by atoms with Gasteiger partial charge < -0.3 is 5.32 Å². The molecule has 1 aliphatic rings. The van der Waals surface area contributed by atoms with Crippen LogP contribution in [0.25, 0.3) is 0 Å². The van der Waals surface area contributed by atoms with Crippen LogP contribution in [0, 0.1) is 5.82 Å². The van der Waals surface area contributed by atoms with E-state index in [9.17, 15) is 9.18 Å². The molecule has 3 rings (SSSR count). The third-order valence-electron chi connectivity index (χ3n) is 4.09. The second kappa shape index (κ2) is 7.97. The summed E-state index contributed by atoms with van der Waals surface area (Å²) in [4.78, 5) is 13.4. The van der Waals surface area contributed by atoms with Crippen LogP contribution in [-0.4, -0.2) is 16.9 Å². The fourth-order valence-corrected chi connectivity index (χ4v) is 4.82. The summed E-state index contributed by atoms with van der Waals surface area (Å²) in [6, 6.07) is 10.1. The van der Waals surface area contributed by atoms with Gasteiger partial charge in [-0.25, -0.2) is 4.39 Å². The molecule has 2 aromatic rings. The Morgan fingerprint density at radius 3 is 2.65 bits per heavy atom. The summed E-state index contributed by atoms with van der Waals surface area (Å²) in [6.07, 6.45) is 5.02. The zero-order valence-electron chi connectivity index (χ0n) is 12.8. The molecule has 1 aromatic carbocycles. The predicted molar refractivity (Wildman–Crippen MR) is 95.4 cm³/mol. The van der Waals surface area contributed by atoms with Crippen LogP contribution in [0.1, 0.15) is 42.2 Å². The van der Waals surface area contributed by atoms with Crippen molar-refractivity contribution in [2.45, 2.75) is 37.0 Å². The molecule has 1 N–H and O–H groups in total. The molecule has 2 nitrogen and oxygen atoms in total. The molecule has 1 saturated carbocycles. The molecule has 0 saturated heterocycles. The second-order valence-electron chi connectivity index (χ2n) is 5.78. The topological polar surface area (TPSA) is 29.1 Å². The number of carbonyl (C=O) groups is 1. The molecule has 23 heavy (non-hydrogen) atoms. The van der Waals surface area contributed by atoms with Crippen LogP contribution in [0.15, 0.2) is 41.8 Å². The van der Waals surface area contributed by atoms with E-state index in [2.05, 4.69) is 5.32 Å². The molecule has 0 spiro atoms. The molecule has 1 fully saturated rings. The monoisotopic (exact) mass is 349 g/mol. The minimum Gasteiger partial charge on any atom is -0.344 e. The molecule has 1 heterocycles. The van der Waals surface area contributed by atoms with E-state index < -0.39 is 0 Å². The summed E-state index contributed by atoms with van der Waals surface area (Å²) >= 11 is 3.36. The standard InChI is InChI=1S/C18H20FNOS2/c19-14-9-7-13(8-10-14)18(16-6-3-11-22-16)20-17(21)12-23-15-4-1-2-5-15/h3,6-11,15,18H,1-2,4-5,12H2,(H,20,21)/t18-/m0/s1. The molecule has 1 amide bonds. The lowest BCUT2D eigenvalue weighted by molar-refractivity contribution is -0.119. The maximum absolute atomic E-state index is 13.2. The van der Waals surface area contributed by atoms with E-state index in [0.29, 0.717) is 11.0 Å². The molecule has 0 unspecified atom stereocenters. The van der Waals surface area contributed by atoms with E-state index in [1.807, 2.05) is 17.5 Å². The third-order valence-corrected chi connectivity index (χ3v) is 6.40. The Morgan fingerprint density at radius 2 is 2.00 bits per heavy atom. The largest absolute Gasteiger partial charge is 0.344 e. The summed E-state index contributed by atoms with van der Waals surface area (Å²) in [5.74, 6) is 0.278. The van der Waals surface area contributed by atoms with Crippen LogP contribution >= 0.6 is 23.1 Å². The summed E-state index contributed by atoms with van der Waals surface area (Å²) in [5.41, 5.74) is 0.910. The van der Waals surface area contributed by atoms with Gasteiger partial charge in [-0.2, -0.15) is 0 Å². The maximum atomic E-state index is 13.2. The summed E-state index contributed by atoms with van der Waals surface area (Å²) in [5, 5.41) is 5.73. The average Bonchev–Trinajstić information content (AvgIpc) is 3.25. The van der Waals surface area contributed by atoms with Gasteiger partial charge in [0.2, 0.25) is 5.91 Å². The number of hydrogen-bond acceptors (Lipinski definition) is 3. The lowest BCUT2D eigenvalue weighted by Gasteiger charge is -2.18. The van der Waals surface area contributed by atoms with Gasteiger partial charge in [-0.1, -0.05) is 31.0 Å². The van der Waals surface area contributed by atoms with E-state index >= 15 is 0 Å².